The maximum Gasteiger partial charge on any atom is 0.0417 e. The molecule has 2 aromatic rings. The number of halogens is 1. The highest BCUT2D eigenvalue weighted by atomic mass is 35.5. The van der Waals surface area contributed by atoms with Gasteiger partial charge < -0.3 is 5.73 Å². The first-order chi connectivity index (χ1) is 9.60. The average molecular weight is 306 g/mol. The van der Waals surface area contributed by atoms with Gasteiger partial charge in [0.15, 0.2) is 0 Å². The van der Waals surface area contributed by atoms with Crippen LogP contribution in [0, 0.1) is 0 Å². The summed E-state index contributed by atoms with van der Waals surface area (Å²) >= 11 is 7.77. The zero-order valence-electron chi connectivity index (χ0n) is 11.8. The molecule has 2 atom stereocenters. The number of hydrogen-bond acceptors (Lipinski definition) is 2. The molecule has 0 aromatic heterocycles. The van der Waals surface area contributed by atoms with Crippen LogP contribution in [0.1, 0.15) is 31.0 Å². The Morgan fingerprint density at radius 2 is 1.85 bits per heavy atom. The SMILES string of the molecule is CCc1ccc(C(N)C(C)Sc2cccc(Cl)c2)cc1. The van der Waals surface area contributed by atoms with E-state index in [1.165, 1.54) is 11.1 Å². The largest absolute Gasteiger partial charge is 0.323 e. The van der Waals surface area contributed by atoms with Gasteiger partial charge in [-0.25, -0.2) is 0 Å². The lowest BCUT2D eigenvalue weighted by Gasteiger charge is -2.20. The van der Waals surface area contributed by atoms with Crippen molar-refractivity contribution in [2.24, 2.45) is 5.73 Å². The normalized spacial score (nSPS) is 14.0. The van der Waals surface area contributed by atoms with Gasteiger partial charge in [0.2, 0.25) is 0 Å². The molecule has 0 aliphatic heterocycles. The minimum Gasteiger partial charge on any atom is -0.323 e. The van der Waals surface area contributed by atoms with E-state index in [1.807, 2.05) is 18.2 Å². The molecule has 0 fully saturated rings. The number of rotatable bonds is 5. The highest BCUT2D eigenvalue weighted by molar-refractivity contribution is 8.00. The van der Waals surface area contributed by atoms with Crippen LogP contribution in [0.3, 0.4) is 0 Å². The highest BCUT2D eigenvalue weighted by Crippen LogP contribution is 2.31. The second-order valence-electron chi connectivity index (χ2n) is 4.90. The van der Waals surface area contributed by atoms with Gasteiger partial charge in [0.05, 0.1) is 0 Å². The Balaban J connectivity index is 2.05. The van der Waals surface area contributed by atoms with Gasteiger partial charge in [-0.1, -0.05) is 55.8 Å². The molecule has 0 spiro atoms. The van der Waals surface area contributed by atoms with Crippen LogP contribution in [0.5, 0.6) is 0 Å². The maximum absolute atomic E-state index is 6.36. The smallest absolute Gasteiger partial charge is 0.0417 e. The van der Waals surface area contributed by atoms with Crippen molar-refractivity contribution in [3.8, 4) is 0 Å². The van der Waals surface area contributed by atoms with Crippen molar-refractivity contribution in [1.82, 2.24) is 0 Å². The van der Waals surface area contributed by atoms with Crippen molar-refractivity contribution in [1.29, 1.82) is 0 Å². The molecule has 0 radical (unpaired) electrons. The molecule has 0 bridgehead atoms. The molecule has 0 aliphatic carbocycles. The van der Waals surface area contributed by atoms with E-state index in [2.05, 4.69) is 44.2 Å². The quantitative estimate of drug-likeness (QED) is 0.779. The van der Waals surface area contributed by atoms with Crippen LogP contribution in [0.2, 0.25) is 5.02 Å². The third-order valence-corrected chi connectivity index (χ3v) is 4.82. The van der Waals surface area contributed by atoms with E-state index >= 15 is 0 Å². The predicted octanol–water partition coefficient (Wildman–Crippen LogP) is 5.08. The first-order valence-electron chi connectivity index (χ1n) is 6.86. The summed E-state index contributed by atoms with van der Waals surface area (Å²) < 4.78 is 0. The minimum absolute atomic E-state index is 0.0184. The molecule has 0 saturated carbocycles. The molecule has 2 aromatic carbocycles. The summed E-state index contributed by atoms with van der Waals surface area (Å²) in [5, 5.41) is 1.06. The molecule has 1 nitrogen and oxygen atoms in total. The first kappa shape index (κ1) is 15.4. The maximum atomic E-state index is 6.36. The molecule has 3 heteroatoms. The molecule has 0 amide bonds. The number of thioether (sulfide) groups is 1. The Morgan fingerprint density at radius 3 is 2.45 bits per heavy atom. The van der Waals surface area contributed by atoms with Gasteiger partial charge >= 0.3 is 0 Å². The number of nitrogens with two attached hydrogens (primary N) is 1. The third-order valence-electron chi connectivity index (χ3n) is 3.40. The lowest BCUT2D eigenvalue weighted by Crippen LogP contribution is -2.21. The van der Waals surface area contributed by atoms with Crippen LogP contribution < -0.4 is 5.73 Å². The minimum atomic E-state index is 0.0184. The molecule has 2 rings (SSSR count). The van der Waals surface area contributed by atoms with E-state index < -0.39 is 0 Å². The molecule has 0 aliphatic rings. The van der Waals surface area contributed by atoms with Crippen molar-refractivity contribution in [3.63, 3.8) is 0 Å². The Morgan fingerprint density at radius 1 is 1.15 bits per heavy atom. The molecule has 0 heterocycles. The summed E-state index contributed by atoms with van der Waals surface area (Å²) in [6, 6.07) is 16.5. The Kier molecular flexibility index (Phi) is 5.53. The molecule has 0 saturated heterocycles. The Labute approximate surface area is 130 Å². The molecular formula is C17H20ClNS. The zero-order valence-corrected chi connectivity index (χ0v) is 13.4. The van der Waals surface area contributed by atoms with Crippen LogP contribution in [-0.4, -0.2) is 5.25 Å². The zero-order chi connectivity index (χ0) is 14.5. The van der Waals surface area contributed by atoms with Crippen molar-refractivity contribution in [2.75, 3.05) is 0 Å². The van der Waals surface area contributed by atoms with E-state index in [0.717, 1.165) is 16.3 Å². The molecule has 20 heavy (non-hydrogen) atoms. The van der Waals surface area contributed by atoms with Crippen LogP contribution >= 0.6 is 23.4 Å². The van der Waals surface area contributed by atoms with Gasteiger partial charge in [0, 0.05) is 21.2 Å². The summed E-state index contributed by atoms with van der Waals surface area (Å²) in [7, 11) is 0. The van der Waals surface area contributed by atoms with Crippen LogP contribution in [-0.2, 0) is 6.42 Å². The van der Waals surface area contributed by atoms with Gasteiger partial charge in [-0.15, -0.1) is 11.8 Å². The van der Waals surface area contributed by atoms with E-state index in [4.69, 9.17) is 17.3 Å². The van der Waals surface area contributed by atoms with Gasteiger partial charge in [-0.05, 0) is 35.7 Å². The number of hydrogen-bond donors (Lipinski definition) is 1. The van der Waals surface area contributed by atoms with Crippen LogP contribution in [0.25, 0.3) is 0 Å². The van der Waals surface area contributed by atoms with Crippen molar-refractivity contribution in [3.05, 3.63) is 64.7 Å². The average Bonchev–Trinajstić information content (AvgIpc) is 2.46. The lowest BCUT2D eigenvalue weighted by molar-refractivity contribution is 0.714. The summed E-state index contributed by atoms with van der Waals surface area (Å²) in [5.41, 5.74) is 8.89. The van der Waals surface area contributed by atoms with Crippen molar-refractivity contribution < 1.29 is 0 Å². The number of aryl methyl sites for hydroxylation is 1. The molecule has 106 valence electrons. The standard InChI is InChI=1S/C17H20ClNS/c1-3-13-7-9-14(10-8-13)17(19)12(2)20-16-6-4-5-15(18)11-16/h4-12,17H,3,19H2,1-2H3. The summed E-state index contributed by atoms with van der Waals surface area (Å²) in [6.07, 6.45) is 1.06. The van der Waals surface area contributed by atoms with E-state index in [1.54, 1.807) is 11.8 Å². The molecule has 2 N–H and O–H groups in total. The fraction of sp³-hybridized carbons (Fsp3) is 0.294. The second-order valence-corrected chi connectivity index (χ2v) is 6.79. The fourth-order valence-corrected chi connectivity index (χ4v) is 3.42. The summed E-state index contributed by atoms with van der Waals surface area (Å²) in [6.45, 7) is 4.32. The van der Waals surface area contributed by atoms with Gasteiger partial charge in [-0.3, -0.25) is 0 Å². The van der Waals surface area contributed by atoms with E-state index in [-0.39, 0.29) is 6.04 Å². The summed E-state index contributed by atoms with van der Waals surface area (Å²) in [5.74, 6) is 0. The van der Waals surface area contributed by atoms with Gasteiger partial charge in [0.25, 0.3) is 0 Å². The second kappa shape index (κ2) is 7.16. The topological polar surface area (TPSA) is 26.0 Å². The van der Waals surface area contributed by atoms with E-state index in [9.17, 15) is 0 Å². The third kappa shape index (κ3) is 4.02. The molecule has 2 unspecified atom stereocenters. The fourth-order valence-electron chi connectivity index (χ4n) is 2.07. The molecular weight excluding hydrogens is 286 g/mol. The van der Waals surface area contributed by atoms with Gasteiger partial charge in [-0.2, -0.15) is 0 Å². The number of benzene rings is 2. The highest BCUT2D eigenvalue weighted by Gasteiger charge is 2.16. The first-order valence-corrected chi connectivity index (χ1v) is 8.12. The Hall–Kier alpha value is -0.960. The van der Waals surface area contributed by atoms with Crippen LogP contribution in [0.15, 0.2) is 53.4 Å². The lowest BCUT2D eigenvalue weighted by atomic mass is 10.0. The van der Waals surface area contributed by atoms with E-state index in [0.29, 0.717) is 5.25 Å². The summed E-state index contributed by atoms with van der Waals surface area (Å²) in [4.78, 5) is 1.16. The Bertz CT molecular complexity index is 553. The van der Waals surface area contributed by atoms with Crippen LogP contribution in [0.4, 0.5) is 0 Å². The predicted molar refractivity (Wildman–Crippen MR) is 89.5 cm³/mol. The van der Waals surface area contributed by atoms with Crippen molar-refractivity contribution in [2.45, 2.75) is 36.5 Å². The monoisotopic (exact) mass is 305 g/mol. The van der Waals surface area contributed by atoms with Gasteiger partial charge in [0.1, 0.15) is 0 Å². The van der Waals surface area contributed by atoms with Crippen molar-refractivity contribution >= 4 is 23.4 Å².